The van der Waals surface area contributed by atoms with Crippen LogP contribution in [0.3, 0.4) is 0 Å². The molecule has 0 saturated carbocycles. The minimum Gasteiger partial charge on any atom is -0.465 e. The molecule has 1 spiro atoms. The molecule has 4 heterocycles. The lowest BCUT2D eigenvalue weighted by Gasteiger charge is -2.40. The molecule has 4 aliphatic rings. The fraction of sp³-hybridized carbons (Fsp3) is 0.594. The number of fused-ring (bicyclic) bond motifs is 2. The number of carbonyl (C=O) groups excluding carboxylic acids is 3. The number of nitrogens with zero attached hydrogens (tertiary/aromatic N) is 3. The smallest absolute Gasteiger partial charge is 0.313 e. The van der Waals surface area contributed by atoms with Crippen molar-refractivity contribution >= 4 is 29.2 Å². The van der Waals surface area contributed by atoms with Gasteiger partial charge in [0.1, 0.15) is 23.2 Å². The van der Waals surface area contributed by atoms with Gasteiger partial charge in [0.2, 0.25) is 5.91 Å². The van der Waals surface area contributed by atoms with Crippen LogP contribution >= 0.6 is 0 Å². The van der Waals surface area contributed by atoms with Crippen LogP contribution in [0.25, 0.3) is 0 Å². The number of hydrogen-bond donors (Lipinski definition) is 1. The first kappa shape index (κ1) is 29.3. The maximum absolute atomic E-state index is 14.6. The third-order valence-electron chi connectivity index (χ3n) is 9.35. The SMILES string of the molecule is CCN(CC)c1ccc(N2CC=C[C@]34O[C@]5(CC)/C=C\CCCCOC(=O)[C@@H]5[C@H]3C(=O)N([C@H](C)CO)C4C2=O)cc1. The van der Waals surface area contributed by atoms with Crippen LogP contribution in [0.5, 0.6) is 0 Å². The molecular formula is C32H43N3O6. The predicted molar refractivity (Wildman–Crippen MR) is 156 cm³/mol. The molecule has 41 heavy (non-hydrogen) atoms. The zero-order valence-electron chi connectivity index (χ0n) is 24.6. The summed E-state index contributed by atoms with van der Waals surface area (Å²) in [5.41, 5.74) is -0.697. The summed E-state index contributed by atoms with van der Waals surface area (Å²) in [6, 6.07) is 6.16. The van der Waals surface area contributed by atoms with E-state index in [2.05, 4.69) is 18.7 Å². The van der Waals surface area contributed by atoms with Crippen LogP contribution in [0, 0.1) is 11.8 Å². The highest BCUT2D eigenvalue weighted by molar-refractivity contribution is 6.05. The highest BCUT2D eigenvalue weighted by Crippen LogP contribution is 2.58. The zero-order chi connectivity index (χ0) is 29.4. The molecule has 1 N–H and O–H groups in total. The van der Waals surface area contributed by atoms with Crippen molar-refractivity contribution in [1.29, 1.82) is 0 Å². The molecule has 6 atom stereocenters. The predicted octanol–water partition coefficient (Wildman–Crippen LogP) is 3.46. The molecule has 4 aliphatic heterocycles. The molecule has 2 amide bonds. The van der Waals surface area contributed by atoms with Crippen LogP contribution in [-0.4, -0.2) is 83.9 Å². The van der Waals surface area contributed by atoms with E-state index in [-0.39, 0.29) is 31.6 Å². The van der Waals surface area contributed by atoms with Crippen molar-refractivity contribution in [2.24, 2.45) is 11.8 Å². The summed E-state index contributed by atoms with van der Waals surface area (Å²) >= 11 is 0. The van der Waals surface area contributed by atoms with Crippen LogP contribution in [0.15, 0.2) is 48.6 Å². The molecule has 0 aromatic heterocycles. The Balaban J connectivity index is 1.61. The Labute approximate surface area is 242 Å². The molecule has 222 valence electrons. The highest BCUT2D eigenvalue weighted by atomic mass is 16.6. The molecule has 0 bridgehead atoms. The Kier molecular flexibility index (Phi) is 8.30. The molecular weight excluding hydrogens is 522 g/mol. The first-order valence-electron chi connectivity index (χ1n) is 15.1. The second-order valence-electron chi connectivity index (χ2n) is 11.5. The number of rotatable bonds is 7. The summed E-state index contributed by atoms with van der Waals surface area (Å²) in [6.45, 7) is 9.85. The number of aliphatic hydroxyl groups excluding tert-OH is 1. The van der Waals surface area contributed by atoms with Gasteiger partial charge in [-0.15, -0.1) is 0 Å². The number of aliphatic hydroxyl groups is 1. The van der Waals surface area contributed by atoms with Gasteiger partial charge in [-0.1, -0.05) is 31.2 Å². The lowest BCUT2D eigenvalue weighted by molar-refractivity contribution is -0.161. The van der Waals surface area contributed by atoms with E-state index in [1.54, 1.807) is 11.8 Å². The second kappa shape index (κ2) is 11.6. The van der Waals surface area contributed by atoms with E-state index >= 15 is 0 Å². The normalized spacial score (nSPS) is 33.0. The lowest BCUT2D eigenvalue weighted by atomic mass is 9.73. The number of hydrogen-bond acceptors (Lipinski definition) is 7. The Morgan fingerprint density at radius 2 is 1.73 bits per heavy atom. The van der Waals surface area contributed by atoms with Crippen molar-refractivity contribution in [1.82, 2.24) is 4.90 Å². The fourth-order valence-electron chi connectivity index (χ4n) is 7.20. The van der Waals surface area contributed by atoms with E-state index in [4.69, 9.17) is 9.47 Å². The zero-order valence-corrected chi connectivity index (χ0v) is 24.6. The summed E-state index contributed by atoms with van der Waals surface area (Å²) in [5.74, 6) is -3.00. The maximum Gasteiger partial charge on any atom is 0.313 e. The van der Waals surface area contributed by atoms with Crippen molar-refractivity contribution in [2.45, 2.75) is 76.7 Å². The van der Waals surface area contributed by atoms with E-state index in [1.165, 1.54) is 4.90 Å². The third kappa shape index (κ3) is 4.67. The number of cyclic esters (lactones) is 1. The number of amides is 2. The van der Waals surface area contributed by atoms with Gasteiger partial charge in [-0.3, -0.25) is 14.4 Å². The molecule has 0 aliphatic carbocycles. The van der Waals surface area contributed by atoms with Gasteiger partial charge >= 0.3 is 5.97 Å². The number of esters is 1. The lowest BCUT2D eigenvalue weighted by Crippen LogP contribution is -2.58. The van der Waals surface area contributed by atoms with Gasteiger partial charge in [0.05, 0.1) is 25.2 Å². The van der Waals surface area contributed by atoms with Crippen molar-refractivity contribution in [3.05, 3.63) is 48.6 Å². The topological polar surface area (TPSA) is 99.6 Å². The first-order valence-corrected chi connectivity index (χ1v) is 15.1. The third-order valence-corrected chi connectivity index (χ3v) is 9.35. The van der Waals surface area contributed by atoms with E-state index in [1.807, 2.05) is 55.5 Å². The van der Waals surface area contributed by atoms with Crippen LogP contribution in [0.1, 0.15) is 53.4 Å². The summed E-state index contributed by atoms with van der Waals surface area (Å²) in [7, 11) is 0. The fourth-order valence-corrected chi connectivity index (χ4v) is 7.20. The molecule has 9 heteroatoms. The summed E-state index contributed by atoms with van der Waals surface area (Å²) in [6.07, 6.45) is 10.5. The Morgan fingerprint density at radius 1 is 1.00 bits per heavy atom. The molecule has 1 unspecified atom stereocenters. The number of likely N-dealkylation sites (tertiary alicyclic amines) is 1. The van der Waals surface area contributed by atoms with Gasteiger partial charge in [-0.05, 0) is 70.7 Å². The molecule has 2 fully saturated rings. The Bertz CT molecular complexity index is 1210. The molecule has 2 saturated heterocycles. The molecule has 0 radical (unpaired) electrons. The number of carbonyl (C=O) groups is 3. The Hall–Kier alpha value is -3.17. The van der Waals surface area contributed by atoms with Crippen molar-refractivity contribution in [3.8, 4) is 0 Å². The first-order chi connectivity index (χ1) is 19.8. The van der Waals surface area contributed by atoms with Gasteiger partial charge in [-0.25, -0.2) is 0 Å². The number of ether oxygens (including phenoxy) is 2. The maximum atomic E-state index is 14.6. The van der Waals surface area contributed by atoms with Crippen molar-refractivity contribution < 1.29 is 29.0 Å². The highest BCUT2D eigenvalue weighted by Gasteiger charge is 2.75. The van der Waals surface area contributed by atoms with Gasteiger partial charge in [0.25, 0.3) is 5.91 Å². The van der Waals surface area contributed by atoms with E-state index in [0.717, 1.165) is 38.0 Å². The van der Waals surface area contributed by atoms with E-state index in [9.17, 15) is 19.5 Å². The van der Waals surface area contributed by atoms with Gasteiger partial charge in [-0.2, -0.15) is 0 Å². The number of allylic oxidation sites excluding steroid dienone is 1. The van der Waals surface area contributed by atoms with Crippen molar-refractivity contribution in [2.75, 3.05) is 42.6 Å². The second-order valence-corrected chi connectivity index (χ2v) is 11.5. The quantitative estimate of drug-likeness (QED) is 0.399. The summed E-state index contributed by atoms with van der Waals surface area (Å²) in [4.78, 5) is 48.0. The minimum absolute atomic E-state index is 0.281. The minimum atomic E-state index is -1.38. The largest absolute Gasteiger partial charge is 0.465 e. The molecule has 1 aromatic rings. The molecule has 1 aromatic carbocycles. The molecule has 5 rings (SSSR count). The summed E-state index contributed by atoms with van der Waals surface area (Å²) < 4.78 is 12.7. The van der Waals surface area contributed by atoms with E-state index in [0.29, 0.717) is 12.1 Å². The van der Waals surface area contributed by atoms with Crippen LogP contribution in [-0.2, 0) is 23.9 Å². The van der Waals surface area contributed by atoms with E-state index < -0.39 is 41.1 Å². The Morgan fingerprint density at radius 3 is 2.39 bits per heavy atom. The van der Waals surface area contributed by atoms with Gasteiger partial charge in [0, 0.05) is 31.0 Å². The van der Waals surface area contributed by atoms with Crippen LogP contribution in [0.2, 0.25) is 0 Å². The summed E-state index contributed by atoms with van der Waals surface area (Å²) in [5, 5.41) is 10.2. The monoisotopic (exact) mass is 565 g/mol. The average Bonchev–Trinajstić information content (AvgIpc) is 3.35. The van der Waals surface area contributed by atoms with Gasteiger partial charge < -0.3 is 29.3 Å². The van der Waals surface area contributed by atoms with Crippen molar-refractivity contribution in [3.63, 3.8) is 0 Å². The number of anilines is 2. The molecule has 9 nitrogen and oxygen atoms in total. The van der Waals surface area contributed by atoms with Crippen LogP contribution < -0.4 is 9.80 Å². The number of benzene rings is 1. The van der Waals surface area contributed by atoms with Gasteiger partial charge in [0.15, 0.2) is 0 Å². The average molecular weight is 566 g/mol. The van der Waals surface area contributed by atoms with Crippen LogP contribution in [0.4, 0.5) is 11.4 Å². The standard InChI is InChI=1S/C32H43N3O6/c1-5-31-17-10-8-9-11-20-40-30(39)26(31)25-28(37)35(22(4)21-36)27-29(38)34(19-12-18-32(25,27)41-31)24-15-13-23(14-16-24)33(6-2)7-3/h10,12-18,22,25-27,36H,5-9,11,19-21H2,1-4H3/b17-10-/t22-,25+,26+,27?,31-,32+/m1/s1.